The summed E-state index contributed by atoms with van der Waals surface area (Å²) in [6, 6.07) is 8.46. The number of hydrogen-bond acceptors (Lipinski definition) is 7. The highest BCUT2D eigenvalue weighted by Crippen LogP contribution is 2.37. The van der Waals surface area contributed by atoms with E-state index in [0.717, 1.165) is 42.5 Å². The van der Waals surface area contributed by atoms with Crippen LogP contribution in [0.15, 0.2) is 42.7 Å². The number of rotatable bonds is 6. The van der Waals surface area contributed by atoms with Crippen molar-refractivity contribution in [3.63, 3.8) is 0 Å². The zero-order valence-electron chi connectivity index (χ0n) is 19.9. The Kier molecular flexibility index (Phi) is 6.79. The van der Waals surface area contributed by atoms with Gasteiger partial charge in [0.1, 0.15) is 27.6 Å². The largest absolute Gasteiger partial charge is 0.472 e. The molecule has 2 fully saturated rings. The number of ether oxygens (including phenoxy) is 2. The first-order chi connectivity index (χ1) is 18.0. The summed E-state index contributed by atoms with van der Waals surface area (Å²) < 4.78 is 29.0. The van der Waals surface area contributed by atoms with Crippen LogP contribution in [0.1, 0.15) is 47.9 Å². The number of aromatic nitrogens is 4. The van der Waals surface area contributed by atoms with Crippen LogP contribution in [0.5, 0.6) is 5.88 Å². The third kappa shape index (κ3) is 5.05. The Morgan fingerprint density at radius 1 is 1.22 bits per heavy atom. The molecule has 1 saturated heterocycles. The number of carbonyl (C=O) groups excluding carboxylic acids is 1. The van der Waals surface area contributed by atoms with Crippen LogP contribution in [0.2, 0.25) is 4.34 Å². The molecule has 0 bridgehead atoms. The van der Waals surface area contributed by atoms with Gasteiger partial charge < -0.3 is 19.4 Å². The minimum absolute atomic E-state index is 0.0106. The molecule has 1 aromatic carbocycles. The first kappa shape index (κ1) is 24.3. The zero-order chi connectivity index (χ0) is 25.4. The molecule has 0 spiro atoms. The van der Waals surface area contributed by atoms with E-state index < -0.39 is 0 Å². The molecule has 4 aromatic rings. The van der Waals surface area contributed by atoms with Gasteiger partial charge in [0.2, 0.25) is 5.88 Å². The zero-order valence-corrected chi connectivity index (χ0v) is 21.5. The van der Waals surface area contributed by atoms with E-state index in [1.54, 1.807) is 24.4 Å². The van der Waals surface area contributed by atoms with E-state index >= 15 is 0 Å². The maximum absolute atomic E-state index is 15.0. The summed E-state index contributed by atoms with van der Waals surface area (Å²) in [5.74, 6) is 0.462. The fourth-order valence-corrected chi connectivity index (χ4v) is 5.97. The van der Waals surface area contributed by atoms with E-state index in [1.807, 2.05) is 6.07 Å². The molecule has 2 aliphatic rings. The number of carbonyl (C=O) groups is 1. The van der Waals surface area contributed by atoms with Crippen molar-refractivity contribution in [3.05, 3.63) is 57.9 Å². The number of thiazole rings is 1. The maximum atomic E-state index is 15.0. The number of nitrogens with one attached hydrogen (secondary N) is 1. The van der Waals surface area contributed by atoms with E-state index in [2.05, 4.69) is 19.9 Å². The monoisotopic (exact) mass is 541 g/mol. The lowest BCUT2D eigenvalue weighted by atomic mass is 9.90. The lowest BCUT2D eigenvalue weighted by Crippen LogP contribution is -2.39. The Hall–Kier alpha value is -3.08. The van der Waals surface area contributed by atoms with E-state index in [0.29, 0.717) is 51.8 Å². The molecule has 1 saturated carbocycles. The highest BCUT2D eigenvalue weighted by Gasteiger charge is 2.30. The molecule has 11 heteroatoms. The van der Waals surface area contributed by atoms with Crippen molar-refractivity contribution in [1.29, 1.82) is 0 Å². The molecule has 37 heavy (non-hydrogen) atoms. The summed E-state index contributed by atoms with van der Waals surface area (Å²) >= 11 is 7.12. The highest BCUT2D eigenvalue weighted by molar-refractivity contribution is 7.17. The third-order valence-corrected chi connectivity index (χ3v) is 7.97. The van der Waals surface area contributed by atoms with Gasteiger partial charge in [-0.3, -0.25) is 4.79 Å². The number of fused-ring (bicyclic) bond motifs is 1. The molecule has 0 radical (unpaired) electrons. The van der Waals surface area contributed by atoms with Crippen LogP contribution >= 0.6 is 22.9 Å². The van der Waals surface area contributed by atoms with Crippen LogP contribution < -0.4 is 10.1 Å². The first-order valence-electron chi connectivity index (χ1n) is 12.3. The first-order valence-corrected chi connectivity index (χ1v) is 13.5. The molecule has 8 nitrogen and oxygen atoms in total. The fraction of sp³-hybridized carbons (Fsp3) is 0.385. The fourth-order valence-electron chi connectivity index (χ4n) is 5.16. The van der Waals surface area contributed by atoms with Gasteiger partial charge in [-0.1, -0.05) is 35.1 Å². The van der Waals surface area contributed by atoms with Crippen LogP contribution in [-0.2, 0) is 4.74 Å². The van der Waals surface area contributed by atoms with E-state index in [-0.39, 0.29) is 29.9 Å². The van der Waals surface area contributed by atoms with Gasteiger partial charge in [0, 0.05) is 24.6 Å². The van der Waals surface area contributed by atoms with Gasteiger partial charge in [0.15, 0.2) is 5.01 Å². The lowest BCUT2D eigenvalue weighted by molar-refractivity contribution is 0.0920. The Balaban J connectivity index is 1.35. The minimum Gasteiger partial charge on any atom is -0.472 e. The average molecular weight is 542 g/mol. The normalized spacial score (nSPS) is 21.8. The number of hydrogen-bond donors (Lipinski definition) is 1. The van der Waals surface area contributed by atoms with Crippen molar-refractivity contribution in [2.45, 2.75) is 50.3 Å². The van der Waals surface area contributed by atoms with Gasteiger partial charge in [-0.05, 0) is 37.8 Å². The molecule has 3 aromatic heterocycles. The molecule has 1 amide bonds. The Labute approximate surface area is 221 Å². The molecule has 1 aliphatic carbocycles. The van der Waals surface area contributed by atoms with Crippen molar-refractivity contribution in [1.82, 2.24) is 24.8 Å². The van der Waals surface area contributed by atoms with Crippen LogP contribution in [0.3, 0.4) is 0 Å². The van der Waals surface area contributed by atoms with E-state index in [9.17, 15) is 9.18 Å². The third-order valence-electron chi connectivity index (χ3n) is 6.86. The summed E-state index contributed by atoms with van der Waals surface area (Å²) in [5, 5.41) is 3.45. The van der Waals surface area contributed by atoms with Gasteiger partial charge in [0.05, 0.1) is 36.7 Å². The highest BCUT2D eigenvalue weighted by atomic mass is 35.5. The van der Waals surface area contributed by atoms with Crippen molar-refractivity contribution in [3.8, 4) is 17.3 Å². The molecule has 4 heterocycles. The molecule has 3 atom stereocenters. The second-order valence-corrected chi connectivity index (χ2v) is 11.0. The number of pyridine rings is 1. The minimum atomic E-state index is -0.340. The van der Waals surface area contributed by atoms with Crippen molar-refractivity contribution < 1.29 is 18.7 Å². The van der Waals surface area contributed by atoms with Crippen molar-refractivity contribution in [2.75, 3.05) is 13.2 Å². The lowest BCUT2D eigenvalue weighted by Gasteiger charge is -2.32. The summed E-state index contributed by atoms with van der Waals surface area (Å²) in [6.45, 7) is 1.21. The maximum Gasteiger partial charge on any atom is 0.280 e. The standard InChI is InChI=1S/C26H25ClFN5O3S/c27-22-13-30-26(37-22)25(34)31-15-4-3-5-16(10-15)33-21-11-23(36-17-8-9-35-14-17)29-12-20(21)32-24(33)18-6-1-2-7-19(18)28/h1-2,6-7,11-13,15-17H,3-5,8-10,14H2,(H,31,34)/t15-,16+,17+/m0/s1. The molecule has 1 N–H and O–H groups in total. The average Bonchev–Trinajstić information content (AvgIpc) is 3.64. The van der Waals surface area contributed by atoms with Crippen LogP contribution in [0, 0.1) is 5.82 Å². The van der Waals surface area contributed by atoms with Crippen LogP contribution in [0.25, 0.3) is 22.4 Å². The molecule has 6 rings (SSSR count). The number of nitrogens with zero attached hydrogens (tertiary/aromatic N) is 4. The van der Waals surface area contributed by atoms with Crippen LogP contribution in [0.4, 0.5) is 4.39 Å². The molecule has 0 unspecified atom stereocenters. The number of amides is 1. The predicted molar refractivity (Wildman–Crippen MR) is 139 cm³/mol. The Morgan fingerprint density at radius 2 is 2.11 bits per heavy atom. The van der Waals surface area contributed by atoms with Gasteiger partial charge in [0.25, 0.3) is 5.91 Å². The molecular weight excluding hydrogens is 517 g/mol. The quantitative estimate of drug-likeness (QED) is 0.350. The number of imidazole rings is 1. The predicted octanol–water partition coefficient (Wildman–Crippen LogP) is 5.43. The molecule has 1 aliphatic heterocycles. The Morgan fingerprint density at radius 3 is 2.89 bits per heavy atom. The summed E-state index contributed by atoms with van der Waals surface area (Å²) in [5.41, 5.74) is 1.91. The second kappa shape index (κ2) is 10.4. The van der Waals surface area contributed by atoms with Gasteiger partial charge in [-0.2, -0.15) is 0 Å². The Bertz CT molecular complexity index is 1440. The van der Waals surface area contributed by atoms with Crippen LogP contribution in [-0.4, -0.2) is 50.8 Å². The van der Waals surface area contributed by atoms with E-state index in [4.69, 9.17) is 26.1 Å². The van der Waals surface area contributed by atoms with Gasteiger partial charge >= 0.3 is 0 Å². The van der Waals surface area contributed by atoms with Crippen molar-refractivity contribution >= 4 is 39.9 Å². The number of benzene rings is 1. The molecule has 192 valence electrons. The SMILES string of the molecule is O=C(N[C@H]1CCC[C@@H](n2c(-c3ccccc3F)nc3cnc(O[C@@H]4CCOC4)cc32)C1)c1ncc(Cl)s1. The molecular formula is C26H25ClFN5O3S. The van der Waals surface area contributed by atoms with Gasteiger partial charge in [-0.15, -0.1) is 0 Å². The van der Waals surface area contributed by atoms with Crippen molar-refractivity contribution in [2.24, 2.45) is 0 Å². The summed E-state index contributed by atoms with van der Waals surface area (Å²) in [6.07, 6.45) is 7.22. The van der Waals surface area contributed by atoms with Gasteiger partial charge in [-0.25, -0.2) is 19.3 Å². The van der Waals surface area contributed by atoms with E-state index in [1.165, 1.54) is 12.3 Å². The topological polar surface area (TPSA) is 91.2 Å². The summed E-state index contributed by atoms with van der Waals surface area (Å²) in [7, 11) is 0. The second-order valence-electron chi connectivity index (χ2n) is 9.36. The summed E-state index contributed by atoms with van der Waals surface area (Å²) in [4.78, 5) is 26.1. The smallest absolute Gasteiger partial charge is 0.280 e. The number of halogens is 2.